The maximum atomic E-state index is 11.9. The summed E-state index contributed by atoms with van der Waals surface area (Å²) in [6, 6.07) is 6.13. The van der Waals surface area contributed by atoms with Gasteiger partial charge in [0.2, 0.25) is 0 Å². The number of hydrogen-bond donors (Lipinski definition) is 2. The third kappa shape index (κ3) is 3.76. The van der Waals surface area contributed by atoms with Crippen LogP contribution in [0.3, 0.4) is 0 Å². The minimum Gasteiger partial charge on any atom is -0.481 e. The highest BCUT2D eigenvalue weighted by Crippen LogP contribution is 2.11. The zero-order chi connectivity index (χ0) is 14.5. The average Bonchev–Trinajstić information content (AvgIpc) is 2.40. The van der Waals surface area contributed by atoms with E-state index in [0.29, 0.717) is 16.4 Å². The maximum Gasteiger partial charge on any atom is 0.309 e. The lowest BCUT2D eigenvalue weighted by atomic mass is 10.2. The smallest absolute Gasteiger partial charge is 0.309 e. The van der Waals surface area contributed by atoms with E-state index >= 15 is 0 Å². The number of nitrogens with zero attached hydrogens (tertiary/aromatic N) is 2. The Morgan fingerprint density at radius 3 is 2.65 bits per heavy atom. The van der Waals surface area contributed by atoms with Crippen LogP contribution in [0.2, 0.25) is 5.02 Å². The molecular formula is C13H10ClN3O3. The molecule has 0 bridgehead atoms. The lowest BCUT2D eigenvalue weighted by molar-refractivity contribution is -0.136. The van der Waals surface area contributed by atoms with Crippen molar-refractivity contribution >= 4 is 29.2 Å². The summed E-state index contributed by atoms with van der Waals surface area (Å²) in [4.78, 5) is 30.2. The number of nitrogens with one attached hydrogen (secondary N) is 1. The summed E-state index contributed by atoms with van der Waals surface area (Å²) in [5.41, 5.74) is 1.05. The van der Waals surface area contributed by atoms with Gasteiger partial charge < -0.3 is 10.4 Å². The molecule has 2 rings (SSSR count). The monoisotopic (exact) mass is 291 g/mol. The van der Waals surface area contributed by atoms with Gasteiger partial charge in [-0.05, 0) is 24.3 Å². The lowest BCUT2D eigenvalue weighted by Crippen LogP contribution is -2.14. The van der Waals surface area contributed by atoms with Gasteiger partial charge in [-0.15, -0.1) is 0 Å². The first-order valence-electron chi connectivity index (χ1n) is 5.64. The third-order valence-corrected chi connectivity index (χ3v) is 2.60. The van der Waals surface area contributed by atoms with Crippen LogP contribution in [-0.4, -0.2) is 27.0 Å². The Morgan fingerprint density at radius 2 is 2.05 bits per heavy atom. The molecule has 2 aromatic heterocycles. The van der Waals surface area contributed by atoms with E-state index in [-0.39, 0.29) is 12.1 Å². The molecule has 0 aliphatic carbocycles. The van der Waals surface area contributed by atoms with Gasteiger partial charge in [0.15, 0.2) is 0 Å². The Kier molecular flexibility index (Phi) is 4.27. The molecule has 102 valence electrons. The molecule has 0 aliphatic rings. The van der Waals surface area contributed by atoms with E-state index < -0.39 is 11.9 Å². The summed E-state index contributed by atoms with van der Waals surface area (Å²) in [5.74, 6) is -1.38. The second kappa shape index (κ2) is 6.12. The molecule has 0 aromatic carbocycles. The number of carbonyl (C=O) groups excluding carboxylic acids is 1. The quantitative estimate of drug-likeness (QED) is 0.899. The molecule has 2 aromatic rings. The van der Waals surface area contributed by atoms with E-state index in [0.717, 1.165) is 0 Å². The standard InChI is InChI=1S/C13H10ClN3O3/c14-8-3-4-15-11(5-8)13(20)17-10-2-1-9(16-7-10)6-12(18)19/h1-5,7H,6H2,(H,17,20)(H,18,19). The highest BCUT2D eigenvalue weighted by Gasteiger charge is 2.09. The average molecular weight is 292 g/mol. The molecule has 6 nitrogen and oxygen atoms in total. The van der Waals surface area contributed by atoms with Crippen LogP contribution in [-0.2, 0) is 11.2 Å². The van der Waals surface area contributed by atoms with E-state index in [1.807, 2.05) is 0 Å². The minimum absolute atomic E-state index is 0.163. The van der Waals surface area contributed by atoms with Crippen molar-refractivity contribution < 1.29 is 14.7 Å². The molecule has 0 unspecified atom stereocenters. The zero-order valence-corrected chi connectivity index (χ0v) is 11.0. The number of halogens is 1. The summed E-state index contributed by atoms with van der Waals surface area (Å²) in [6.07, 6.45) is 2.66. The second-order valence-electron chi connectivity index (χ2n) is 3.92. The van der Waals surface area contributed by atoms with Crippen molar-refractivity contribution in [3.63, 3.8) is 0 Å². The predicted molar refractivity (Wildman–Crippen MR) is 72.8 cm³/mol. The van der Waals surface area contributed by atoms with Gasteiger partial charge in [-0.1, -0.05) is 11.6 Å². The van der Waals surface area contributed by atoms with Gasteiger partial charge >= 0.3 is 5.97 Å². The molecule has 2 heterocycles. The van der Waals surface area contributed by atoms with E-state index in [2.05, 4.69) is 15.3 Å². The van der Waals surface area contributed by atoms with E-state index in [1.165, 1.54) is 24.5 Å². The molecular weight excluding hydrogens is 282 g/mol. The Labute approximate surface area is 119 Å². The van der Waals surface area contributed by atoms with Crippen LogP contribution in [0.5, 0.6) is 0 Å². The fourth-order valence-electron chi connectivity index (χ4n) is 1.48. The van der Waals surface area contributed by atoms with Gasteiger partial charge in [-0.2, -0.15) is 0 Å². The molecule has 0 spiro atoms. The number of pyridine rings is 2. The number of anilines is 1. The Balaban J connectivity index is 2.06. The second-order valence-corrected chi connectivity index (χ2v) is 4.36. The topological polar surface area (TPSA) is 92.2 Å². The number of carboxylic acids is 1. The van der Waals surface area contributed by atoms with Crippen LogP contribution in [0, 0.1) is 0 Å². The largest absolute Gasteiger partial charge is 0.481 e. The van der Waals surface area contributed by atoms with Crippen molar-refractivity contribution in [3.8, 4) is 0 Å². The molecule has 0 radical (unpaired) electrons. The van der Waals surface area contributed by atoms with Crippen LogP contribution in [0.15, 0.2) is 36.7 Å². The van der Waals surface area contributed by atoms with Gasteiger partial charge in [-0.3, -0.25) is 19.6 Å². The fraction of sp³-hybridized carbons (Fsp3) is 0.0769. The number of carboxylic acid groups (broad SMARTS) is 1. The van der Waals surface area contributed by atoms with Crippen molar-refractivity contribution in [2.75, 3.05) is 5.32 Å². The van der Waals surface area contributed by atoms with Crippen LogP contribution in [0.25, 0.3) is 0 Å². The molecule has 0 aliphatic heterocycles. The van der Waals surface area contributed by atoms with Crippen molar-refractivity contribution in [3.05, 3.63) is 53.1 Å². The molecule has 0 saturated heterocycles. The highest BCUT2D eigenvalue weighted by atomic mass is 35.5. The summed E-state index contributed by atoms with van der Waals surface area (Å²) in [6.45, 7) is 0. The Hall–Kier alpha value is -2.47. The number of rotatable bonds is 4. The maximum absolute atomic E-state index is 11.9. The SMILES string of the molecule is O=C(O)Cc1ccc(NC(=O)c2cc(Cl)ccn2)cn1. The number of aromatic nitrogens is 2. The predicted octanol–water partition coefficient (Wildman–Crippen LogP) is 2.01. The number of carbonyl (C=O) groups is 2. The van der Waals surface area contributed by atoms with E-state index in [1.54, 1.807) is 12.1 Å². The fourth-order valence-corrected chi connectivity index (χ4v) is 1.64. The van der Waals surface area contributed by atoms with Crippen LogP contribution in [0.4, 0.5) is 5.69 Å². The molecule has 20 heavy (non-hydrogen) atoms. The molecule has 7 heteroatoms. The summed E-state index contributed by atoms with van der Waals surface area (Å²) in [5, 5.41) is 11.6. The van der Waals surface area contributed by atoms with Crippen molar-refractivity contribution in [1.82, 2.24) is 9.97 Å². The van der Waals surface area contributed by atoms with Gasteiger partial charge in [0.25, 0.3) is 5.91 Å². The minimum atomic E-state index is -0.961. The van der Waals surface area contributed by atoms with E-state index in [9.17, 15) is 9.59 Å². The normalized spacial score (nSPS) is 10.1. The van der Waals surface area contributed by atoms with Gasteiger partial charge in [-0.25, -0.2) is 0 Å². The molecule has 2 N–H and O–H groups in total. The first kappa shape index (κ1) is 14.0. The summed E-state index contributed by atoms with van der Waals surface area (Å²) in [7, 11) is 0. The lowest BCUT2D eigenvalue weighted by Gasteiger charge is -2.05. The molecule has 0 saturated carbocycles. The number of amides is 1. The van der Waals surface area contributed by atoms with Crippen molar-refractivity contribution in [2.24, 2.45) is 0 Å². The van der Waals surface area contributed by atoms with Gasteiger partial charge in [0, 0.05) is 11.2 Å². The van der Waals surface area contributed by atoms with Crippen LogP contribution in [0.1, 0.15) is 16.2 Å². The Bertz CT molecular complexity index is 644. The third-order valence-electron chi connectivity index (χ3n) is 2.37. The highest BCUT2D eigenvalue weighted by molar-refractivity contribution is 6.30. The summed E-state index contributed by atoms with van der Waals surface area (Å²) < 4.78 is 0. The van der Waals surface area contributed by atoms with Crippen LogP contribution >= 0.6 is 11.6 Å². The molecule has 1 amide bonds. The van der Waals surface area contributed by atoms with Gasteiger partial charge in [0.1, 0.15) is 5.69 Å². The summed E-state index contributed by atoms with van der Waals surface area (Å²) >= 11 is 5.77. The number of hydrogen-bond acceptors (Lipinski definition) is 4. The first-order chi connectivity index (χ1) is 9.54. The van der Waals surface area contributed by atoms with Crippen molar-refractivity contribution in [1.29, 1.82) is 0 Å². The van der Waals surface area contributed by atoms with Crippen molar-refractivity contribution in [2.45, 2.75) is 6.42 Å². The molecule has 0 atom stereocenters. The van der Waals surface area contributed by atoms with Gasteiger partial charge in [0.05, 0.1) is 24.0 Å². The number of aliphatic carboxylic acids is 1. The van der Waals surface area contributed by atoms with E-state index in [4.69, 9.17) is 16.7 Å². The molecule has 0 fully saturated rings. The Morgan fingerprint density at radius 1 is 1.25 bits per heavy atom. The van der Waals surface area contributed by atoms with Crippen LogP contribution < -0.4 is 5.32 Å². The zero-order valence-electron chi connectivity index (χ0n) is 10.2. The first-order valence-corrected chi connectivity index (χ1v) is 6.02.